The van der Waals surface area contributed by atoms with E-state index in [0.717, 1.165) is 5.56 Å². The van der Waals surface area contributed by atoms with Gasteiger partial charge in [-0.25, -0.2) is 13.2 Å². The molecule has 0 radical (unpaired) electrons. The first-order chi connectivity index (χ1) is 9.66. The van der Waals surface area contributed by atoms with Crippen molar-refractivity contribution in [1.29, 1.82) is 0 Å². The Morgan fingerprint density at radius 1 is 1.27 bits per heavy atom. The number of aliphatic hydroxyl groups excluding tert-OH is 1. The van der Waals surface area contributed by atoms with E-state index in [1.165, 1.54) is 14.0 Å². The summed E-state index contributed by atoms with van der Waals surface area (Å²) in [6.45, 7) is 3.28. The number of carbonyl (C=O) groups excluding carboxylic acids is 1. The van der Waals surface area contributed by atoms with Crippen LogP contribution in [0.3, 0.4) is 0 Å². The van der Waals surface area contributed by atoms with Crippen molar-refractivity contribution in [3.05, 3.63) is 35.4 Å². The molecule has 0 spiro atoms. The molecule has 0 saturated heterocycles. The van der Waals surface area contributed by atoms with Crippen molar-refractivity contribution in [3.8, 4) is 0 Å². The number of hydrogen-bond donors (Lipinski definition) is 1. The summed E-state index contributed by atoms with van der Waals surface area (Å²) < 4.78 is 37.1. The summed E-state index contributed by atoms with van der Waals surface area (Å²) in [6.07, 6.45) is 0.481. The van der Waals surface area contributed by atoms with Gasteiger partial charge in [-0.05, 0) is 36.0 Å². The first-order valence-corrected chi connectivity index (χ1v) is 7.94. The van der Waals surface area contributed by atoms with Crippen molar-refractivity contribution in [2.24, 2.45) is 11.8 Å². The fourth-order valence-corrected chi connectivity index (χ4v) is 2.79. The average Bonchev–Trinajstić information content (AvgIpc) is 2.44. The van der Waals surface area contributed by atoms with Crippen LogP contribution in [0.15, 0.2) is 24.3 Å². The van der Waals surface area contributed by atoms with Crippen LogP contribution < -0.4 is 18.9 Å². The average molecular weight is 322 g/mol. The van der Waals surface area contributed by atoms with Gasteiger partial charge in [-0.1, -0.05) is 26.0 Å². The predicted molar refractivity (Wildman–Crippen MR) is 75.5 cm³/mol. The molecule has 22 heavy (non-hydrogen) atoms. The van der Waals surface area contributed by atoms with Gasteiger partial charge in [0.15, 0.2) is 0 Å². The van der Waals surface area contributed by atoms with Gasteiger partial charge in [0.25, 0.3) is 0 Å². The van der Waals surface area contributed by atoms with Crippen molar-refractivity contribution in [2.45, 2.75) is 25.7 Å². The maximum Gasteiger partial charge on any atom is 1.00 e. The molecule has 0 heterocycles. The minimum Gasteiger partial charge on any atom is -0.746 e. The summed E-state index contributed by atoms with van der Waals surface area (Å²) in [7, 11) is -3.42. The molecule has 0 aliphatic rings. The zero-order valence-electron chi connectivity index (χ0n) is 13.1. The molecule has 8 heteroatoms. The molecule has 0 aromatic heterocycles. The van der Waals surface area contributed by atoms with Crippen LogP contribution >= 0.6 is 0 Å². The summed E-state index contributed by atoms with van der Waals surface area (Å²) in [5, 5.41) is 9.49. The monoisotopic (exact) mass is 322 g/mol. The molecule has 1 rings (SSSR count). The molecule has 0 aliphatic heterocycles. The summed E-state index contributed by atoms with van der Waals surface area (Å²) in [5.41, 5.74) is -0.622. The van der Waals surface area contributed by atoms with Gasteiger partial charge in [0, 0.05) is 0 Å². The molecule has 3 unspecified atom stereocenters. The second kappa shape index (κ2) is 8.70. The normalized spacial score (nSPS) is 15.3. The predicted octanol–water partition coefficient (Wildman–Crippen LogP) is -1.84. The zero-order valence-corrected chi connectivity index (χ0v) is 14.0. The van der Waals surface area contributed by atoms with E-state index in [0.29, 0.717) is 12.0 Å². The standard InChI is InChI=1S/C14H20O6S.Li/c1-9(10(2)14(16)21(17,18)19)8-11-4-6-12(7-5-11)13(15)20-3;/h4-7,9-10,14,16H,8H2,1-3H3,(H,17,18,19);/q;+1/p-1. The van der Waals surface area contributed by atoms with E-state index in [1.54, 1.807) is 31.2 Å². The number of esters is 1. The molecule has 0 saturated carbocycles. The van der Waals surface area contributed by atoms with E-state index < -0.39 is 27.4 Å². The van der Waals surface area contributed by atoms with E-state index >= 15 is 0 Å². The first-order valence-electron chi connectivity index (χ1n) is 6.46. The van der Waals surface area contributed by atoms with E-state index in [2.05, 4.69) is 4.74 Å². The number of aliphatic hydroxyl groups is 1. The van der Waals surface area contributed by atoms with Crippen molar-refractivity contribution < 1.29 is 46.5 Å². The largest absolute Gasteiger partial charge is 1.00 e. The quantitative estimate of drug-likeness (QED) is 0.375. The SMILES string of the molecule is COC(=O)c1ccc(CC(C)C(C)C(O)S(=O)(=O)[O-])cc1.[Li+]. The topological polar surface area (TPSA) is 104 Å². The third-order valence-electron chi connectivity index (χ3n) is 3.58. The Morgan fingerprint density at radius 3 is 2.18 bits per heavy atom. The molecular formula is C14H19LiO6S. The van der Waals surface area contributed by atoms with Crippen LogP contribution in [0.25, 0.3) is 0 Å². The molecule has 6 nitrogen and oxygen atoms in total. The first kappa shape index (κ1) is 21.2. The summed E-state index contributed by atoms with van der Waals surface area (Å²) in [6, 6.07) is 6.68. The number of ether oxygens (including phenoxy) is 1. The van der Waals surface area contributed by atoms with Crippen molar-refractivity contribution >= 4 is 16.1 Å². The van der Waals surface area contributed by atoms with Gasteiger partial charge in [0.2, 0.25) is 0 Å². The van der Waals surface area contributed by atoms with Crippen LogP contribution in [0.1, 0.15) is 29.8 Å². The van der Waals surface area contributed by atoms with Gasteiger partial charge in [0.05, 0.1) is 12.7 Å². The Labute approximate surface area is 142 Å². The van der Waals surface area contributed by atoms with Crippen LogP contribution in [0.2, 0.25) is 0 Å². The molecule has 3 atom stereocenters. The minimum atomic E-state index is -4.72. The van der Waals surface area contributed by atoms with Crippen LogP contribution in [0, 0.1) is 11.8 Å². The maximum absolute atomic E-state index is 11.3. The van der Waals surface area contributed by atoms with Crippen LogP contribution in [-0.4, -0.2) is 36.6 Å². The van der Waals surface area contributed by atoms with Gasteiger partial charge in [-0.15, -0.1) is 0 Å². The molecule has 0 fully saturated rings. The summed E-state index contributed by atoms with van der Waals surface area (Å²) in [4.78, 5) is 11.3. The molecule has 1 N–H and O–H groups in total. The number of carbonyl (C=O) groups is 1. The van der Waals surface area contributed by atoms with Crippen molar-refractivity contribution in [3.63, 3.8) is 0 Å². The minimum absolute atomic E-state index is 0. The smallest absolute Gasteiger partial charge is 0.746 e. The zero-order chi connectivity index (χ0) is 16.2. The Morgan fingerprint density at radius 2 is 1.77 bits per heavy atom. The van der Waals surface area contributed by atoms with E-state index in [1.807, 2.05) is 0 Å². The molecule has 1 aromatic rings. The van der Waals surface area contributed by atoms with Crippen LogP contribution in [-0.2, 0) is 21.3 Å². The molecule has 0 amide bonds. The van der Waals surface area contributed by atoms with E-state index in [-0.39, 0.29) is 24.8 Å². The van der Waals surface area contributed by atoms with Crippen molar-refractivity contribution in [2.75, 3.05) is 7.11 Å². The molecule has 1 aromatic carbocycles. The Hall–Kier alpha value is -0.843. The fourth-order valence-electron chi connectivity index (χ4n) is 2.00. The fraction of sp³-hybridized carbons (Fsp3) is 0.500. The second-order valence-corrected chi connectivity index (χ2v) is 6.58. The molecule has 0 bridgehead atoms. The second-order valence-electron chi connectivity index (χ2n) is 5.11. The Bertz CT molecular complexity index is 584. The van der Waals surface area contributed by atoms with Crippen LogP contribution in [0.5, 0.6) is 0 Å². The molecule has 0 aliphatic carbocycles. The molecular weight excluding hydrogens is 303 g/mol. The third-order valence-corrected chi connectivity index (χ3v) is 4.60. The van der Waals surface area contributed by atoms with Gasteiger partial charge < -0.3 is 14.4 Å². The summed E-state index contributed by atoms with van der Waals surface area (Å²) in [5.74, 6) is -1.34. The van der Waals surface area contributed by atoms with Gasteiger partial charge in [0.1, 0.15) is 15.6 Å². The van der Waals surface area contributed by atoms with E-state index in [9.17, 15) is 22.9 Å². The number of benzene rings is 1. The van der Waals surface area contributed by atoms with Gasteiger partial charge >= 0.3 is 24.8 Å². The van der Waals surface area contributed by atoms with Crippen LogP contribution in [0.4, 0.5) is 0 Å². The summed E-state index contributed by atoms with van der Waals surface area (Å²) >= 11 is 0. The Kier molecular flexibility index (Phi) is 8.37. The third kappa shape index (κ3) is 5.74. The van der Waals surface area contributed by atoms with E-state index in [4.69, 9.17) is 0 Å². The number of methoxy groups -OCH3 is 1. The molecule has 118 valence electrons. The number of rotatable bonds is 6. The Balaban J connectivity index is 0.00000441. The van der Waals surface area contributed by atoms with Crippen molar-refractivity contribution in [1.82, 2.24) is 0 Å². The maximum atomic E-state index is 11.3. The van der Waals surface area contributed by atoms with Gasteiger partial charge in [-0.2, -0.15) is 0 Å². The van der Waals surface area contributed by atoms with Gasteiger partial charge in [-0.3, -0.25) is 0 Å². The number of hydrogen-bond acceptors (Lipinski definition) is 6.